The maximum absolute atomic E-state index is 13.8. The fraction of sp³-hybridized carbons (Fsp3) is 0.259. The van der Waals surface area contributed by atoms with Gasteiger partial charge in [0.25, 0.3) is 0 Å². The molecule has 0 fully saturated rings. The third-order valence-corrected chi connectivity index (χ3v) is 7.14. The van der Waals surface area contributed by atoms with Gasteiger partial charge in [0.2, 0.25) is 15.9 Å². The highest BCUT2D eigenvalue weighted by molar-refractivity contribution is 7.92. The van der Waals surface area contributed by atoms with Gasteiger partial charge in [0.1, 0.15) is 11.7 Å². The van der Waals surface area contributed by atoms with Crippen molar-refractivity contribution in [2.24, 2.45) is 4.99 Å². The summed E-state index contributed by atoms with van der Waals surface area (Å²) in [6.45, 7) is 1.13. The lowest BCUT2D eigenvalue weighted by Gasteiger charge is -2.23. The standard InChI is InChI=1S/C27H29FN4O3S/c1-31(2)16-7-17-32(36(3,34)35)22-13-11-21(12-14-22)29-26(19-8-5-4-6-9-19)25-23-15-10-20(28)18-24(23)30-27(25)33/h4-6,8-15,18,25H,7,16-17H2,1-3H3,(H,30,33). The molecule has 0 spiro atoms. The number of fused-ring (bicyclic) bond motifs is 1. The van der Waals surface area contributed by atoms with Crippen LogP contribution in [0.15, 0.2) is 77.8 Å². The molecule has 1 heterocycles. The summed E-state index contributed by atoms with van der Waals surface area (Å²) >= 11 is 0. The number of benzene rings is 3. The van der Waals surface area contributed by atoms with E-state index in [0.29, 0.717) is 41.3 Å². The zero-order chi connectivity index (χ0) is 25.9. The number of carbonyl (C=O) groups excluding carboxylic acids is 1. The molecule has 0 aliphatic carbocycles. The van der Waals surface area contributed by atoms with Crippen molar-refractivity contribution in [3.05, 3.63) is 89.7 Å². The summed E-state index contributed by atoms with van der Waals surface area (Å²) in [6, 6.07) is 20.5. The first kappa shape index (κ1) is 25.5. The number of nitrogens with one attached hydrogen (secondary N) is 1. The molecule has 3 aromatic carbocycles. The molecule has 9 heteroatoms. The van der Waals surface area contributed by atoms with Gasteiger partial charge < -0.3 is 10.2 Å². The van der Waals surface area contributed by atoms with Crippen molar-refractivity contribution in [3.63, 3.8) is 0 Å². The number of nitrogens with zero attached hydrogens (tertiary/aromatic N) is 3. The summed E-state index contributed by atoms with van der Waals surface area (Å²) in [4.78, 5) is 19.8. The van der Waals surface area contributed by atoms with Crippen LogP contribution in [0.2, 0.25) is 0 Å². The Balaban J connectivity index is 1.70. The molecule has 3 aromatic rings. The summed E-state index contributed by atoms with van der Waals surface area (Å²) in [5.41, 5.74) is 3.51. The third kappa shape index (κ3) is 5.80. The van der Waals surface area contributed by atoms with E-state index in [4.69, 9.17) is 4.99 Å². The molecule has 1 aliphatic rings. The summed E-state index contributed by atoms with van der Waals surface area (Å²) in [5, 5.41) is 2.76. The van der Waals surface area contributed by atoms with E-state index in [1.165, 1.54) is 22.7 Å². The maximum Gasteiger partial charge on any atom is 0.238 e. The molecule has 4 rings (SSSR count). The molecule has 1 aliphatic heterocycles. The first-order chi connectivity index (χ1) is 17.1. The van der Waals surface area contributed by atoms with Crippen LogP contribution in [0.5, 0.6) is 0 Å². The van der Waals surface area contributed by atoms with Crippen LogP contribution in [0.1, 0.15) is 23.5 Å². The monoisotopic (exact) mass is 508 g/mol. The summed E-state index contributed by atoms with van der Waals surface area (Å²) < 4.78 is 40.0. The number of aliphatic imine (C=N–C) groups is 1. The van der Waals surface area contributed by atoms with Crippen LogP contribution >= 0.6 is 0 Å². The summed E-state index contributed by atoms with van der Waals surface area (Å²) in [7, 11) is 0.435. The second-order valence-corrected chi connectivity index (χ2v) is 10.9. The van der Waals surface area contributed by atoms with Gasteiger partial charge in [-0.2, -0.15) is 0 Å². The molecule has 7 nitrogen and oxygen atoms in total. The van der Waals surface area contributed by atoms with Crippen molar-refractivity contribution in [1.82, 2.24) is 4.90 Å². The highest BCUT2D eigenvalue weighted by atomic mass is 32.2. The molecule has 0 saturated carbocycles. The van der Waals surface area contributed by atoms with Gasteiger partial charge in [-0.05, 0) is 74.6 Å². The lowest BCUT2D eigenvalue weighted by Crippen LogP contribution is -2.32. The molecule has 0 bridgehead atoms. The second kappa shape index (κ2) is 10.6. The molecule has 1 unspecified atom stereocenters. The summed E-state index contributed by atoms with van der Waals surface area (Å²) in [6.07, 6.45) is 1.89. The number of carbonyl (C=O) groups is 1. The van der Waals surface area contributed by atoms with Crippen molar-refractivity contribution >= 4 is 38.7 Å². The van der Waals surface area contributed by atoms with Crippen molar-refractivity contribution in [2.45, 2.75) is 12.3 Å². The number of halogens is 1. The minimum Gasteiger partial charge on any atom is -0.325 e. The fourth-order valence-corrected chi connectivity index (χ4v) is 5.23. The first-order valence-corrected chi connectivity index (χ1v) is 13.4. The largest absolute Gasteiger partial charge is 0.325 e. The second-order valence-electron chi connectivity index (χ2n) is 9.03. The van der Waals surface area contributed by atoms with E-state index in [9.17, 15) is 17.6 Å². The number of sulfonamides is 1. The molecule has 0 saturated heterocycles. The van der Waals surface area contributed by atoms with Crippen LogP contribution in [0, 0.1) is 5.82 Å². The Labute approximate surface area is 211 Å². The molecule has 1 N–H and O–H groups in total. The van der Waals surface area contributed by atoms with Gasteiger partial charge in [0, 0.05) is 12.2 Å². The molecule has 188 valence electrons. The smallest absolute Gasteiger partial charge is 0.238 e. The van der Waals surface area contributed by atoms with Gasteiger partial charge in [-0.3, -0.25) is 14.1 Å². The van der Waals surface area contributed by atoms with Crippen molar-refractivity contribution in [2.75, 3.05) is 43.1 Å². The van der Waals surface area contributed by atoms with Gasteiger partial charge in [0.15, 0.2) is 0 Å². The zero-order valence-corrected chi connectivity index (χ0v) is 21.3. The van der Waals surface area contributed by atoms with E-state index in [0.717, 1.165) is 12.1 Å². The zero-order valence-electron chi connectivity index (χ0n) is 20.5. The van der Waals surface area contributed by atoms with Crippen LogP contribution in [0.25, 0.3) is 0 Å². The van der Waals surface area contributed by atoms with Crippen molar-refractivity contribution < 1.29 is 17.6 Å². The number of hydrogen-bond acceptors (Lipinski definition) is 5. The van der Waals surface area contributed by atoms with E-state index in [1.54, 1.807) is 30.3 Å². The molecule has 1 amide bonds. The normalized spacial score (nSPS) is 15.6. The Morgan fingerprint density at radius 1 is 1.00 bits per heavy atom. The van der Waals surface area contributed by atoms with Crippen LogP contribution in [-0.2, 0) is 14.8 Å². The van der Waals surface area contributed by atoms with Gasteiger partial charge >= 0.3 is 0 Å². The van der Waals surface area contributed by atoms with Crippen LogP contribution in [-0.4, -0.2) is 58.4 Å². The highest BCUT2D eigenvalue weighted by Crippen LogP contribution is 2.37. The third-order valence-electron chi connectivity index (χ3n) is 5.94. The van der Waals surface area contributed by atoms with Gasteiger partial charge in [0.05, 0.1) is 23.3 Å². The number of hydrogen-bond donors (Lipinski definition) is 1. The van der Waals surface area contributed by atoms with Crippen molar-refractivity contribution in [1.29, 1.82) is 0 Å². The Bertz CT molecular complexity index is 1370. The van der Waals surface area contributed by atoms with E-state index in [2.05, 4.69) is 5.32 Å². The van der Waals surface area contributed by atoms with Crippen LogP contribution in [0.3, 0.4) is 0 Å². The molecule has 0 radical (unpaired) electrons. The Kier molecular flexibility index (Phi) is 7.51. The lowest BCUT2D eigenvalue weighted by molar-refractivity contribution is -0.115. The van der Waals surface area contributed by atoms with E-state index in [-0.39, 0.29) is 5.91 Å². The Morgan fingerprint density at radius 2 is 1.69 bits per heavy atom. The molecular weight excluding hydrogens is 479 g/mol. The first-order valence-electron chi connectivity index (χ1n) is 11.6. The van der Waals surface area contributed by atoms with Gasteiger partial charge in [-0.25, -0.2) is 12.8 Å². The number of rotatable bonds is 9. The topological polar surface area (TPSA) is 82.1 Å². The minimum absolute atomic E-state index is 0.279. The maximum atomic E-state index is 13.8. The average Bonchev–Trinajstić information content (AvgIpc) is 3.15. The van der Waals surface area contributed by atoms with E-state index in [1.807, 2.05) is 49.3 Å². The molecule has 1 atom stereocenters. The fourth-order valence-electron chi connectivity index (χ4n) is 4.26. The summed E-state index contributed by atoms with van der Waals surface area (Å²) in [5.74, 6) is -1.41. The lowest BCUT2D eigenvalue weighted by atomic mass is 9.90. The minimum atomic E-state index is -3.46. The van der Waals surface area contributed by atoms with E-state index < -0.39 is 21.8 Å². The highest BCUT2D eigenvalue weighted by Gasteiger charge is 2.35. The van der Waals surface area contributed by atoms with Crippen LogP contribution in [0.4, 0.5) is 21.5 Å². The average molecular weight is 509 g/mol. The number of amides is 1. The Morgan fingerprint density at radius 3 is 2.33 bits per heavy atom. The molecule has 0 aromatic heterocycles. The predicted molar refractivity (Wildman–Crippen MR) is 142 cm³/mol. The van der Waals surface area contributed by atoms with Gasteiger partial charge in [-0.15, -0.1) is 0 Å². The quantitative estimate of drug-likeness (QED) is 0.435. The van der Waals surface area contributed by atoms with Gasteiger partial charge in [-0.1, -0.05) is 36.4 Å². The molecular formula is C27H29FN4O3S. The van der Waals surface area contributed by atoms with E-state index >= 15 is 0 Å². The number of anilines is 2. The molecule has 36 heavy (non-hydrogen) atoms. The van der Waals surface area contributed by atoms with Crippen LogP contribution < -0.4 is 9.62 Å². The van der Waals surface area contributed by atoms with Crippen molar-refractivity contribution in [3.8, 4) is 0 Å². The predicted octanol–water partition coefficient (Wildman–Crippen LogP) is 4.40. The SMILES string of the molecule is CN(C)CCCN(c1ccc(N=C(c2ccccc2)C2C(=O)Nc3cc(F)ccc32)cc1)S(C)(=O)=O. The Hall–Kier alpha value is -3.56.